The van der Waals surface area contributed by atoms with Crippen molar-refractivity contribution in [2.24, 2.45) is 0 Å². The van der Waals surface area contributed by atoms with Gasteiger partial charge in [0.1, 0.15) is 5.82 Å². The van der Waals surface area contributed by atoms with E-state index in [1.165, 1.54) is 5.56 Å². The van der Waals surface area contributed by atoms with E-state index in [0.717, 1.165) is 35.9 Å². The van der Waals surface area contributed by atoms with E-state index in [9.17, 15) is 0 Å². The third-order valence-electron chi connectivity index (χ3n) is 3.13. The molecule has 1 N–H and O–H groups in total. The summed E-state index contributed by atoms with van der Waals surface area (Å²) in [6.45, 7) is 18.4. The van der Waals surface area contributed by atoms with Crippen molar-refractivity contribution in [2.45, 2.75) is 77.8 Å². The van der Waals surface area contributed by atoms with Crippen LogP contribution in [0.5, 0.6) is 0 Å². The Labute approximate surface area is 134 Å². The van der Waals surface area contributed by atoms with Crippen molar-refractivity contribution in [2.75, 3.05) is 6.54 Å². The molecule has 0 saturated carbocycles. The first-order valence-electron chi connectivity index (χ1n) is 7.70. The molecule has 0 radical (unpaired) electrons. The lowest BCUT2D eigenvalue weighted by Crippen LogP contribution is -2.37. The van der Waals surface area contributed by atoms with Crippen LogP contribution < -0.4 is 5.32 Å². The van der Waals surface area contributed by atoms with Gasteiger partial charge in [-0.3, -0.25) is 0 Å². The molecule has 0 aliphatic heterocycles. The van der Waals surface area contributed by atoms with E-state index in [-0.39, 0.29) is 10.3 Å². The van der Waals surface area contributed by atoms with Gasteiger partial charge in [0.25, 0.3) is 0 Å². The van der Waals surface area contributed by atoms with Gasteiger partial charge in [-0.1, -0.05) is 20.8 Å². The predicted molar refractivity (Wildman–Crippen MR) is 94.0 cm³/mol. The first-order chi connectivity index (χ1) is 9.48. The van der Waals surface area contributed by atoms with Gasteiger partial charge < -0.3 is 5.32 Å². The predicted octanol–water partition coefficient (Wildman–Crippen LogP) is 4.06. The number of hydrogen-bond acceptors (Lipinski definition) is 4. The number of nitrogens with one attached hydrogen (secondary N) is 1. The van der Waals surface area contributed by atoms with Gasteiger partial charge in [-0.05, 0) is 53.1 Å². The fourth-order valence-electron chi connectivity index (χ4n) is 2.08. The molecule has 120 valence electrons. The summed E-state index contributed by atoms with van der Waals surface area (Å²) in [5, 5.41) is 3.52. The number of thioether (sulfide) groups is 1. The summed E-state index contributed by atoms with van der Waals surface area (Å²) in [4.78, 5) is 9.38. The van der Waals surface area contributed by atoms with Gasteiger partial charge in [0.15, 0.2) is 0 Å². The molecule has 0 aliphatic rings. The molecule has 0 atom stereocenters. The van der Waals surface area contributed by atoms with Crippen LogP contribution in [0.2, 0.25) is 0 Å². The summed E-state index contributed by atoms with van der Waals surface area (Å²) >= 11 is 1.89. The van der Waals surface area contributed by atoms with E-state index in [0.29, 0.717) is 0 Å². The van der Waals surface area contributed by atoms with Crippen molar-refractivity contribution in [1.29, 1.82) is 0 Å². The first kappa shape index (κ1) is 18.4. The summed E-state index contributed by atoms with van der Waals surface area (Å²) in [5.74, 6) is 1.84. The Bertz CT molecular complexity index is 447. The van der Waals surface area contributed by atoms with Crippen LogP contribution in [-0.2, 0) is 12.2 Å². The van der Waals surface area contributed by atoms with Crippen LogP contribution >= 0.6 is 11.8 Å². The van der Waals surface area contributed by atoms with Crippen LogP contribution in [0, 0.1) is 13.8 Å². The topological polar surface area (TPSA) is 37.8 Å². The van der Waals surface area contributed by atoms with Crippen molar-refractivity contribution >= 4 is 11.8 Å². The molecule has 0 spiro atoms. The van der Waals surface area contributed by atoms with Crippen LogP contribution in [0.15, 0.2) is 0 Å². The molecular formula is C17H31N3S. The molecule has 0 fully saturated rings. The van der Waals surface area contributed by atoms with Gasteiger partial charge in [-0.2, -0.15) is 0 Å². The lowest BCUT2D eigenvalue weighted by Gasteiger charge is -2.21. The van der Waals surface area contributed by atoms with E-state index < -0.39 is 0 Å². The Morgan fingerprint density at radius 2 is 1.48 bits per heavy atom. The molecule has 3 nitrogen and oxygen atoms in total. The second-order valence-electron chi connectivity index (χ2n) is 7.62. The SMILES string of the molecule is Cc1nc(CSC(C)(C)C)nc(C)c1CCNC(C)(C)C. The monoisotopic (exact) mass is 309 g/mol. The van der Waals surface area contributed by atoms with Gasteiger partial charge in [-0.15, -0.1) is 11.8 Å². The smallest absolute Gasteiger partial charge is 0.138 e. The van der Waals surface area contributed by atoms with Crippen LogP contribution in [0.4, 0.5) is 0 Å². The standard InChI is InChI=1S/C17H31N3S/c1-12-14(9-10-18-16(3,4)5)13(2)20-15(19-12)11-21-17(6,7)8/h18H,9-11H2,1-8H3. The molecule has 1 heterocycles. The second-order valence-corrected chi connectivity index (χ2v) is 9.42. The van der Waals surface area contributed by atoms with E-state index in [1.54, 1.807) is 0 Å². The summed E-state index contributed by atoms with van der Waals surface area (Å²) in [6.07, 6.45) is 0.988. The maximum absolute atomic E-state index is 4.69. The fourth-order valence-corrected chi connectivity index (χ4v) is 2.77. The van der Waals surface area contributed by atoms with Crippen LogP contribution in [0.1, 0.15) is 64.3 Å². The van der Waals surface area contributed by atoms with Gasteiger partial charge in [-0.25, -0.2) is 9.97 Å². The summed E-state index contributed by atoms with van der Waals surface area (Å²) < 4.78 is 0.250. The van der Waals surface area contributed by atoms with Crippen molar-refractivity contribution in [3.05, 3.63) is 22.8 Å². The molecule has 0 saturated heterocycles. The zero-order valence-electron chi connectivity index (χ0n) is 14.9. The van der Waals surface area contributed by atoms with E-state index in [1.807, 2.05) is 11.8 Å². The van der Waals surface area contributed by atoms with Crippen molar-refractivity contribution in [3.8, 4) is 0 Å². The van der Waals surface area contributed by atoms with Crippen LogP contribution in [0.25, 0.3) is 0 Å². The average Bonchev–Trinajstić information content (AvgIpc) is 2.28. The summed E-state index contributed by atoms with van der Waals surface area (Å²) in [6, 6.07) is 0. The third-order valence-corrected chi connectivity index (χ3v) is 4.40. The lowest BCUT2D eigenvalue weighted by atomic mass is 10.1. The van der Waals surface area contributed by atoms with Gasteiger partial charge >= 0.3 is 0 Å². The molecule has 1 aromatic heterocycles. The number of nitrogens with zero attached hydrogens (tertiary/aromatic N) is 2. The third kappa shape index (κ3) is 7.28. The Morgan fingerprint density at radius 1 is 0.952 bits per heavy atom. The molecule has 0 unspecified atom stereocenters. The number of rotatable bonds is 5. The maximum atomic E-state index is 4.69. The highest BCUT2D eigenvalue weighted by Gasteiger charge is 2.14. The average molecular weight is 310 g/mol. The van der Waals surface area contributed by atoms with Crippen molar-refractivity contribution < 1.29 is 0 Å². The molecule has 0 aromatic carbocycles. The Balaban J connectivity index is 2.71. The van der Waals surface area contributed by atoms with E-state index >= 15 is 0 Å². The molecule has 1 aromatic rings. The number of hydrogen-bond donors (Lipinski definition) is 1. The molecule has 0 aliphatic carbocycles. The fraction of sp³-hybridized carbons (Fsp3) is 0.765. The minimum absolute atomic E-state index is 0.159. The maximum Gasteiger partial charge on any atom is 0.138 e. The van der Waals surface area contributed by atoms with Gasteiger partial charge in [0, 0.05) is 21.7 Å². The molecule has 1 rings (SSSR count). The van der Waals surface area contributed by atoms with Crippen LogP contribution in [0.3, 0.4) is 0 Å². The zero-order chi connectivity index (χ0) is 16.3. The second kappa shape index (κ2) is 7.10. The Hall–Kier alpha value is -0.610. The quantitative estimate of drug-likeness (QED) is 0.890. The highest BCUT2D eigenvalue weighted by molar-refractivity contribution is 7.99. The highest BCUT2D eigenvalue weighted by atomic mass is 32.2. The van der Waals surface area contributed by atoms with Crippen molar-refractivity contribution in [3.63, 3.8) is 0 Å². The minimum Gasteiger partial charge on any atom is -0.312 e. The Kier molecular flexibility index (Phi) is 6.23. The molecule has 0 amide bonds. The summed E-state index contributed by atoms with van der Waals surface area (Å²) in [7, 11) is 0. The van der Waals surface area contributed by atoms with Gasteiger partial charge in [0.05, 0.1) is 5.75 Å². The Morgan fingerprint density at radius 3 is 1.90 bits per heavy atom. The molecule has 0 bridgehead atoms. The summed E-state index contributed by atoms with van der Waals surface area (Å²) in [5.41, 5.74) is 3.70. The number of aryl methyl sites for hydroxylation is 2. The van der Waals surface area contributed by atoms with Gasteiger partial charge in [0.2, 0.25) is 0 Å². The lowest BCUT2D eigenvalue weighted by molar-refractivity contribution is 0.429. The first-order valence-corrected chi connectivity index (χ1v) is 8.68. The minimum atomic E-state index is 0.159. The molecule has 21 heavy (non-hydrogen) atoms. The number of aromatic nitrogens is 2. The van der Waals surface area contributed by atoms with E-state index in [2.05, 4.69) is 60.7 Å². The normalized spacial score (nSPS) is 12.8. The van der Waals surface area contributed by atoms with Crippen molar-refractivity contribution in [1.82, 2.24) is 15.3 Å². The molecule has 4 heteroatoms. The highest BCUT2D eigenvalue weighted by Crippen LogP contribution is 2.26. The van der Waals surface area contributed by atoms with Crippen LogP contribution in [-0.4, -0.2) is 26.8 Å². The zero-order valence-corrected chi connectivity index (χ0v) is 15.7. The molecular weight excluding hydrogens is 278 g/mol. The van der Waals surface area contributed by atoms with E-state index in [4.69, 9.17) is 9.97 Å². The largest absolute Gasteiger partial charge is 0.312 e.